The highest BCUT2D eigenvalue weighted by molar-refractivity contribution is 7.13. The second-order valence-corrected chi connectivity index (χ2v) is 5.24. The third-order valence-corrected chi connectivity index (χ3v) is 3.93. The number of rotatable bonds is 3. The Bertz CT molecular complexity index is 762. The monoisotopic (exact) mass is 287 g/mol. The summed E-state index contributed by atoms with van der Waals surface area (Å²) in [7, 11) is 1.38. The van der Waals surface area contributed by atoms with Gasteiger partial charge in [-0.1, -0.05) is 12.1 Å². The molecule has 0 radical (unpaired) electrons. The quantitative estimate of drug-likeness (QED) is 0.593. The zero-order chi connectivity index (χ0) is 14.1. The first kappa shape index (κ1) is 12.7. The Labute approximate surface area is 119 Å². The summed E-state index contributed by atoms with van der Waals surface area (Å²) in [5.41, 5.74) is 8.11. The lowest BCUT2D eigenvalue weighted by Crippen LogP contribution is -2.12. The number of fused-ring (bicyclic) bond motifs is 1. The van der Waals surface area contributed by atoms with Crippen LogP contribution in [0.25, 0.3) is 21.7 Å². The molecule has 0 amide bonds. The molecule has 2 aromatic heterocycles. The van der Waals surface area contributed by atoms with Crippen molar-refractivity contribution in [1.82, 2.24) is 9.55 Å². The Morgan fingerprint density at radius 3 is 2.95 bits per heavy atom. The topological polar surface area (TPSA) is 70.1 Å². The van der Waals surface area contributed by atoms with Gasteiger partial charge in [0.1, 0.15) is 12.1 Å². The summed E-state index contributed by atoms with van der Waals surface area (Å²) in [6.07, 6.45) is 0. The first-order valence-corrected chi connectivity index (χ1v) is 6.94. The van der Waals surface area contributed by atoms with E-state index in [1.165, 1.54) is 7.11 Å². The fraction of sp³-hybridized carbons (Fsp3) is 0.143. The first-order chi connectivity index (χ1) is 9.70. The standard InChI is InChI=1S/C14H13N3O2S/c1-19-12(18)8-17-10-5-2-4-9(15)13(10)16-14(17)11-6-3-7-20-11/h2-7H,8,15H2,1H3. The number of hydrogen-bond acceptors (Lipinski definition) is 5. The van der Waals surface area contributed by atoms with Crippen LogP contribution in [0.1, 0.15) is 0 Å². The molecule has 0 aliphatic carbocycles. The van der Waals surface area contributed by atoms with Crippen LogP contribution >= 0.6 is 11.3 Å². The molecule has 5 nitrogen and oxygen atoms in total. The van der Waals surface area contributed by atoms with Crippen LogP contribution in [0.15, 0.2) is 35.7 Å². The fourth-order valence-electron chi connectivity index (χ4n) is 2.12. The molecule has 0 atom stereocenters. The highest BCUT2D eigenvalue weighted by Gasteiger charge is 2.17. The molecule has 2 heterocycles. The molecule has 0 aliphatic heterocycles. The Hall–Kier alpha value is -2.34. The van der Waals surface area contributed by atoms with Crippen molar-refractivity contribution in [2.24, 2.45) is 0 Å². The number of para-hydroxylation sites is 1. The molecule has 0 saturated heterocycles. The van der Waals surface area contributed by atoms with Gasteiger partial charge in [-0.15, -0.1) is 11.3 Å². The van der Waals surface area contributed by atoms with Crippen LogP contribution in [-0.4, -0.2) is 22.6 Å². The number of hydrogen-bond donors (Lipinski definition) is 1. The maximum atomic E-state index is 11.6. The van der Waals surface area contributed by atoms with E-state index in [0.717, 1.165) is 16.2 Å². The summed E-state index contributed by atoms with van der Waals surface area (Å²) in [5.74, 6) is 0.419. The minimum absolute atomic E-state index is 0.115. The van der Waals surface area contributed by atoms with Crippen molar-refractivity contribution in [1.29, 1.82) is 0 Å². The van der Waals surface area contributed by atoms with Crippen molar-refractivity contribution in [3.8, 4) is 10.7 Å². The number of nitrogens with zero attached hydrogens (tertiary/aromatic N) is 2. The minimum atomic E-state index is -0.315. The molecule has 3 rings (SSSR count). The van der Waals surface area contributed by atoms with Crippen molar-refractivity contribution in [3.05, 3.63) is 35.7 Å². The lowest BCUT2D eigenvalue weighted by molar-refractivity contribution is -0.141. The van der Waals surface area contributed by atoms with Gasteiger partial charge >= 0.3 is 5.97 Å². The smallest absolute Gasteiger partial charge is 0.325 e. The summed E-state index contributed by atoms with van der Waals surface area (Å²) in [5, 5.41) is 1.97. The summed E-state index contributed by atoms with van der Waals surface area (Å²) in [6, 6.07) is 9.47. The van der Waals surface area contributed by atoms with Crippen LogP contribution in [-0.2, 0) is 16.1 Å². The molecule has 0 spiro atoms. The van der Waals surface area contributed by atoms with Gasteiger partial charge in [-0.05, 0) is 23.6 Å². The number of methoxy groups -OCH3 is 1. The van der Waals surface area contributed by atoms with Gasteiger partial charge in [-0.25, -0.2) is 4.98 Å². The van der Waals surface area contributed by atoms with Gasteiger partial charge in [0, 0.05) is 0 Å². The van der Waals surface area contributed by atoms with Crippen LogP contribution in [0.5, 0.6) is 0 Å². The Balaban J connectivity index is 2.24. The fourth-order valence-corrected chi connectivity index (χ4v) is 2.84. The van der Waals surface area contributed by atoms with Crippen LogP contribution in [0.2, 0.25) is 0 Å². The van der Waals surface area contributed by atoms with Crippen molar-refractivity contribution < 1.29 is 9.53 Å². The van der Waals surface area contributed by atoms with Crippen LogP contribution in [0.3, 0.4) is 0 Å². The second-order valence-electron chi connectivity index (χ2n) is 4.29. The Kier molecular flexibility index (Phi) is 3.15. The molecule has 2 N–H and O–H groups in total. The zero-order valence-electron chi connectivity index (χ0n) is 10.9. The number of benzene rings is 1. The predicted octanol–water partition coefficient (Wildman–Crippen LogP) is 2.52. The van der Waals surface area contributed by atoms with Crippen molar-refractivity contribution in [3.63, 3.8) is 0 Å². The molecular weight excluding hydrogens is 274 g/mol. The highest BCUT2D eigenvalue weighted by Crippen LogP contribution is 2.30. The van der Waals surface area contributed by atoms with E-state index in [1.807, 2.05) is 34.2 Å². The molecule has 0 unspecified atom stereocenters. The van der Waals surface area contributed by atoms with Gasteiger partial charge in [0.25, 0.3) is 0 Å². The van der Waals surface area contributed by atoms with Crippen LogP contribution in [0.4, 0.5) is 5.69 Å². The lowest BCUT2D eigenvalue weighted by Gasteiger charge is -2.06. The number of carbonyl (C=O) groups is 1. The van der Waals surface area contributed by atoms with Gasteiger partial charge < -0.3 is 15.0 Å². The minimum Gasteiger partial charge on any atom is -0.468 e. The van der Waals surface area contributed by atoms with E-state index in [2.05, 4.69) is 4.98 Å². The van der Waals surface area contributed by atoms with E-state index < -0.39 is 0 Å². The number of aromatic nitrogens is 2. The largest absolute Gasteiger partial charge is 0.468 e. The molecule has 6 heteroatoms. The molecule has 0 fully saturated rings. The third-order valence-electron chi connectivity index (χ3n) is 3.07. The average molecular weight is 287 g/mol. The van der Waals surface area contributed by atoms with E-state index in [0.29, 0.717) is 11.2 Å². The van der Waals surface area contributed by atoms with Crippen molar-refractivity contribution in [2.45, 2.75) is 6.54 Å². The van der Waals surface area contributed by atoms with E-state index in [4.69, 9.17) is 10.5 Å². The number of thiophene rings is 1. The number of ether oxygens (including phenoxy) is 1. The number of imidazole rings is 1. The van der Waals surface area contributed by atoms with E-state index in [-0.39, 0.29) is 12.5 Å². The molecule has 0 aliphatic rings. The summed E-state index contributed by atoms with van der Waals surface area (Å²) in [6.45, 7) is 0.115. The second kappa shape index (κ2) is 4.97. The van der Waals surface area contributed by atoms with Crippen molar-refractivity contribution in [2.75, 3.05) is 12.8 Å². The van der Waals surface area contributed by atoms with E-state index in [9.17, 15) is 4.79 Å². The number of nitrogen functional groups attached to an aromatic ring is 1. The molecule has 20 heavy (non-hydrogen) atoms. The van der Waals surface area contributed by atoms with Gasteiger partial charge in [0.2, 0.25) is 0 Å². The molecule has 3 aromatic rings. The normalized spacial score (nSPS) is 10.8. The maximum absolute atomic E-state index is 11.6. The number of anilines is 1. The number of nitrogens with two attached hydrogens (primary N) is 1. The Morgan fingerprint density at radius 2 is 2.25 bits per heavy atom. The molecule has 1 aromatic carbocycles. The molecule has 102 valence electrons. The van der Waals surface area contributed by atoms with Gasteiger partial charge in [-0.2, -0.15) is 0 Å². The van der Waals surface area contributed by atoms with Gasteiger partial charge in [0.05, 0.1) is 23.2 Å². The summed E-state index contributed by atoms with van der Waals surface area (Å²) in [4.78, 5) is 17.2. The van der Waals surface area contributed by atoms with Gasteiger partial charge in [-0.3, -0.25) is 4.79 Å². The summed E-state index contributed by atoms with van der Waals surface area (Å²) >= 11 is 1.57. The molecular formula is C14H13N3O2S. The van der Waals surface area contributed by atoms with Crippen molar-refractivity contribution >= 4 is 34.0 Å². The van der Waals surface area contributed by atoms with E-state index in [1.54, 1.807) is 17.4 Å². The lowest BCUT2D eigenvalue weighted by atomic mass is 10.3. The predicted molar refractivity (Wildman–Crippen MR) is 79.5 cm³/mol. The average Bonchev–Trinajstić information content (AvgIpc) is 3.07. The number of esters is 1. The SMILES string of the molecule is COC(=O)Cn1c(-c2cccs2)nc2c(N)cccc21. The van der Waals surface area contributed by atoms with Gasteiger partial charge in [0.15, 0.2) is 5.82 Å². The Morgan fingerprint density at radius 1 is 1.40 bits per heavy atom. The summed E-state index contributed by atoms with van der Waals surface area (Å²) < 4.78 is 6.60. The molecule has 0 bridgehead atoms. The zero-order valence-corrected chi connectivity index (χ0v) is 11.7. The highest BCUT2D eigenvalue weighted by atomic mass is 32.1. The number of carbonyl (C=O) groups excluding carboxylic acids is 1. The van der Waals surface area contributed by atoms with Crippen LogP contribution in [0, 0.1) is 0 Å². The molecule has 0 saturated carbocycles. The van der Waals surface area contributed by atoms with E-state index >= 15 is 0 Å². The maximum Gasteiger partial charge on any atom is 0.325 e. The van der Waals surface area contributed by atoms with Crippen LogP contribution < -0.4 is 5.73 Å². The first-order valence-electron chi connectivity index (χ1n) is 6.06. The third kappa shape index (κ3) is 2.04.